The summed E-state index contributed by atoms with van der Waals surface area (Å²) in [6.07, 6.45) is 2.36. The smallest absolute Gasteiger partial charge is 0.222 e. The summed E-state index contributed by atoms with van der Waals surface area (Å²) in [6.45, 7) is 0.742. The van der Waals surface area contributed by atoms with Gasteiger partial charge in [-0.05, 0) is 40.9 Å². The van der Waals surface area contributed by atoms with Crippen molar-refractivity contribution in [1.29, 1.82) is 0 Å². The molecular formula is C12H13BrCl2N2O. The van der Waals surface area contributed by atoms with Crippen molar-refractivity contribution in [3.63, 3.8) is 0 Å². The minimum Gasteiger partial charge on any atom is -0.381 e. The van der Waals surface area contributed by atoms with E-state index in [4.69, 9.17) is 23.2 Å². The molecule has 0 radical (unpaired) electrons. The molecule has 0 saturated carbocycles. The number of hydrogen-bond donors (Lipinski definition) is 2. The van der Waals surface area contributed by atoms with Gasteiger partial charge in [-0.25, -0.2) is 0 Å². The van der Waals surface area contributed by atoms with E-state index in [2.05, 4.69) is 26.6 Å². The van der Waals surface area contributed by atoms with Crippen LogP contribution in [0.1, 0.15) is 19.3 Å². The van der Waals surface area contributed by atoms with Gasteiger partial charge in [0.25, 0.3) is 0 Å². The lowest BCUT2D eigenvalue weighted by Gasteiger charge is -2.18. The van der Waals surface area contributed by atoms with E-state index >= 15 is 0 Å². The highest BCUT2D eigenvalue weighted by atomic mass is 79.9. The first-order chi connectivity index (χ1) is 8.58. The lowest BCUT2D eigenvalue weighted by atomic mass is 10.1. The third-order valence-corrected chi connectivity index (χ3v) is 4.65. The van der Waals surface area contributed by atoms with E-state index in [0.717, 1.165) is 29.5 Å². The van der Waals surface area contributed by atoms with Crippen LogP contribution in [-0.4, -0.2) is 18.5 Å². The van der Waals surface area contributed by atoms with E-state index in [0.29, 0.717) is 16.5 Å². The molecule has 6 heteroatoms. The zero-order chi connectivity index (χ0) is 13.1. The highest BCUT2D eigenvalue weighted by Crippen LogP contribution is 2.36. The highest BCUT2D eigenvalue weighted by molar-refractivity contribution is 9.10. The van der Waals surface area contributed by atoms with Gasteiger partial charge in [0.2, 0.25) is 5.91 Å². The molecule has 0 aromatic heterocycles. The summed E-state index contributed by atoms with van der Waals surface area (Å²) in [4.78, 5) is 11.5. The summed E-state index contributed by atoms with van der Waals surface area (Å²) in [6, 6.07) is 3.80. The zero-order valence-electron chi connectivity index (χ0n) is 9.60. The summed E-state index contributed by atoms with van der Waals surface area (Å²) in [5.41, 5.74) is 0.768. The summed E-state index contributed by atoms with van der Waals surface area (Å²) in [5, 5.41) is 7.11. The molecule has 1 unspecified atom stereocenters. The average molecular weight is 352 g/mol. The maximum atomic E-state index is 11.5. The molecule has 1 aliphatic rings. The van der Waals surface area contributed by atoms with E-state index < -0.39 is 0 Å². The van der Waals surface area contributed by atoms with Gasteiger partial charge in [-0.15, -0.1) is 0 Å². The van der Waals surface area contributed by atoms with Crippen LogP contribution < -0.4 is 10.6 Å². The summed E-state index contributed by atoms with van der Waals surface area (Å²) in [7, 11) is 0. The van der Waals surface area contributed by atoms with Crippen molar-refractivity contribution in [2.45, 2.75) is 25.3 Å². The number of benzene rings is 1. The predicted molar refractivity (Wildman–Crippen MR) is 78.4 cm³/mol. The molecule has 18 heavy (non-hydrogen) atoms. The van der Waals surface area contributed by atoms with Crippen LogP contribution in [0, 0.1) is 0 Å². The molecule has 1 fully saturated rings. The molecular weight excluding hydrogens is 339 g/mol. The molecule has 1 aromatic rings. The monoisotopic (exact) mass is 350 g/mol. The van der Waals surface area contributed by atoms with E-state index in [-0.39, 0.29) is 11.9 Å². The van der Waals surface area contributed by atoms with E-state index in [9.17, 15) is 4.79 Å². The maximum Gasteiger partial charge on any atom is 0.222 e. The number of carbonyl (C=O) groups is 1. The molecule has 0 aliphatic carbocycles. The van der Waals surface area contributed by atoms with Gasteiger partial charge in [-0.3, -0.25) is 4.79 Å². The van der Waals surface area contributed by atoms with Gasteiger partial charge in [-0.2, -0.15) is 0 Å². The SMILES string of the molecule is O=C1CC(Nc2ccc(Br)c(Cl)c2Cl)CCCN1. The average Bonchev–Trinajstić information content (AvgIpc) is 2.54. The van der Waals surface area contributed by atoms with Crippen molar-refractivity contribution >= 4 is 50.7 Å². The second-order valence-electron chi connectivity index (χ2n) is 4.26. The molecule has 2 rings (SSSR count). The van der Waals surface area contributed by atoms with Crippen molar-refractivity contribution in [1.82, 2.24) is 5.32 Å². The van der Waals surface area contributed by atoms with Gasteiger partial charge >= 0.3 is 0 Å². The standard InChI is InChI=1S/C12H13BrCl2N2O/c13-8-3-4-9(12(15)11(8)14)17-7-2-1-5-16-10(18)6-7/h3-4,7,17H,1-2,5-6H2,(H,16,18). The summed E-state index contributed by atoms with van der Waals surface area (Å²) >= 11 is 15.6. The van der Waals surface area contributed by atoms with Gasteiger partial charge < -0.3 is 10.6 Å². The maximum absolute atomic E-state index is 11.5. The topological polar surface area (TPSA) is 41.1 Å². The molecule has 1 aliphatic heterocycles. The molecule has 1 heterocycles. The number of amides is 1. The second-order valence-corrected chi connectivity index (χ2v) is 5.87. The van der Waals surface area contributed by atoms with Crippen LogP contribution in [0.2, 0.25) is 10.0 Å². The first kappa shape index (κ1) is 14.0. The fourth-order valence-corrected chi connectivity index (χ4v) is 2.78. The molecule has 1 atom stereocenters. The third kappa shape index (κ3) is 3.31. The quantitative estimate of drug-likeness (QED) is 0.795. The zero-order valence-corrected chi connectivity index (χ0v) is 12.7. The second kappa shape index (κ2) is 6.13. The Morgan fingerprint density at radius 1 is 1.33 bits per heavy atom. The lowest BCUT2D eigenvalue weighted by Crippen LogP contribution is -2.26. The van der Waals surface area contributed by atoms with E-state index in [1.807, 2.05) is 12.1 Å². The number of hydrogen-bond acceptors (Lipinski definition) is 2. The number of nitrogens with one attached hydrogen (secondary N) is 2. The molecule has 1 saturated heterocycles. The van der Waals surface area contributed by atoms with Gasteiger partial charge in [-0.1, -0.05) is 23.2 Å². The van der Waals surface area contributed by atoms with Crippen LogP contribution in [0.5, 0.6) is 0 Å². The first-order valence-electron chi connectivity index (χ1n) is 5.74. The molecule has 1 aromatic carbocycles. The summed E-state index contributed by atoms with van der Waals surface area (Å²) < 4.78 is 0.762. The van der Waals surface area contributed by atoms with Gasteiger partial charge in [0.15, 0.2) is 0 Å². The Hall–Kier alpha value is -0.450. The van der Waals surface area contributed by atoms with Crippen molar-refractivity contribution in [3.05, 3.63) is 26.7 Å². The summed E-state index contributed by atoms with van der Waals surface area (Å²) in [5.74, 6) is 0.0735. The molecule has 1 amide bonds. The first-order valence-corrected chi connectivity index (χ1v) is 7.29. The molecule has 2 N–H and O–H groups in total. The van der Waals surface area contributed by atoms with Crippen LogP contribution in [-0.2, 0) is 4.79 Å². The predicted octanol–water partition coefficient (Wildman–Crippen LogP) is 3.84. The van der Waals surface area contributed by atoms with Gasteiger partial charge in [0.05, 0.1) is 15.7 Å². The normalized spacial score (nSPS) is 20.2. The van der Waals surface area contributed by atoms with Crippen molar-refractivity contribution in [2.75, 3.05) is 11.9 Å². The van der Waals surface area contributed by atoms with Crippen LogP contribution in [0.15, 0.2) is 16.6 Å². The highest BCUT2D eigenvalue weighted by Gasteiger charge is 2.18. The van der Waals surface area contributed by atoms with Crippen molar-refractivity contribution < 1.29 is 4.79 Å². The third-order valence-electron chi connectivity index (χ3n) is 2.88. The fraction of sp³-hybridized carbons (Fsp3) is 0.417. The Balaban J connectivity index is 2.13. The Bertz CT molecular complexity index is 468. The number of anilines is 1. The Kier molecular flexibility index (Phi) is 4.76. The number of carbonyl (C=O) groups excluding carboxylic acids is 1. The Morgan fingerprint density at radius 3 is 2.89 bits per heavy atom. The van der Waals surface area contributed by atoms with E-state index in [1.165, 1.54) is 0 Å². The van der Waals surface area contributed by atoms with Gasteiger partial charge in [0, 0.05) is 23.5 Å². The minimum atomic E-state index is 0.0735. The molecule has 98 valence electrons. The van der Waals surface area contributed by atoms with Crippen molar-refractivity contribution in [3.8, 4) is 0 Å². The number of halogens is 3. The lowest BCUT2D eigenvalue weighted by molar-refractivity contribution is -0.120. The van der Waals surface area contributed by atoms with Crippen LogP contribution in [0.4, 0.5) is 5.69 Å². The Morgan fingerprint density at radius 2 is 2.11 bits per heavy atom. The minimum absolute atomic E-state index is 0.0735. The number of rotatable bonds is 2. The molecule has 0 bridgehead atoms. The molecule has 3 nitrogen and oxygen atoms in total. The van der Waals surface area contributed by atoms with Gasteiger partial charge in [0.1, 0.15) is 0 Å². The van der Waals surface area contributed by atoms with Crippen LogP contribution in [0.3, 0.4) is 0 Å². The van der Waals surface area contributed by atoms with Crippen LogP contribution in [0.25, 0.3) is 0 Å². The van der Waals surface area contributed by atoms with Crippen LogP contribution >= 0.6 is 39.1 Å². The fourth-order valence-electron chi connectivity index (χ4n) is 1.95. The molecule has 0 spiro atoms. The largest absolute Gasteiger partial charge is 0.381 e. The Labute approximate surface area is 124 Å². The van der Waals surface area contributed by atoms with E-state index in [1.54, 1.807) is 0 Å². The van der Waals surface area contributed by atoms with Crippen molar-refractivity contribution in [2.24, 2.45) is 0 Å².